The molecule has 2 aromatic heterocycles. The molecule has 0 saturated carbocycles. The number of aliphatic hydroxyl groups is 1. The summed E-state index contributed by atoms with van der Waals surface area (Å²) in [5.41, 5.74) is 7.93. The van der Waals surface area contributed by atoms with Crippen LogP contribution in [0.25, 0.3) is 11.0 Å². The van der Waals surface area contributed by atoms with E-state index in [0.29, 0.717) is 6.42 Å². The lowest BCUT2D eigenvalue weighted by molar-refractivity contribution is 0.275. The Morgan fingerprint density at radius 3 is 3.20 bits per heavy atom. The van der Waals surface area contributed by atoms with Crippen molar-refractivity contribution in [3.63, 3.8) is 0 Å². The molecule has 0 aliphatic rings. The summed E-state index contributed by atoms with van der Waals surface area (Å²) in [5.74, 6) is 0. The van der Waals surface area contributed by atoms with E-state index in [0.717, 1.165) is 17.5 Å². The molecule has 80 valence electrons. The van der Waals surface area contributed by atoms with Crippen molar-refractivity contribution in [2.75, 3.05) is 6.61 Å². The summed E-state index contributed by atoms with van der Waals surface area (Å²) >= 11 is 0. The van der Waals surface area contributed by atoms with E-state index in [-0.39, 0.29) is 12.6 Å². The SMILES string of the molecule is NC(CCO)Cc1c[nH]c2ncccc12. The van der Waals surface area contributed by atoms with Gasteiger partial charge in [0.25, 0.3) is 0 Å². The lowest BCUT2D eigenvalue weighted by atomic mass is 10.0. The molecule has 0 radical (unpaired) electrons. The topological polar surface area (TPSA) is 74.9 Å². The maximum absolute atomic E-state index is 8.78. The molecule has 0 aromatic carbocycles. The van der Waals surface area contributed by atoms with E-state index in [1.54, 1.807) is 6.20 Å². The average molecular weight is 205 g/mol. The van der Waals surface area contributed by atoms with Crippen molar-refractivity contribution in [1.82, 2.24) is 9.97 Å². The molecule has 2 rings (SSSR count). The highest BCUT2D eigenvalue weighted by Crippen LogP contribution is 2.17. The van der Waals surface area contributed by atoms with Crippen LogP contribution in [-0.2, 0) is 6.42 Å². The van der Waals surface area contributed by atoms with E-state index < -0.39 is 0 Å². The number of hydrogen-bond donors (Lipinski definition) is 3. The highest BCUT2D eigenvalue weighted by molar-refractivity contribution is 5.79. The molecule has 0 spiro atoms. The number of nitrogens with two attached hydrogens (primary N) is 1. The minimum absolute atomic E-state index is 0.00852. The Morgan fingerprint density at radius 2 is 2.40 bits per heavy atom. The molecule has 4 nitrogen and oxygen atoms in total. The van der Waals surface area contributed by atoms with Crippen LogP contribution < -0.4 is 5.73 Å². The van der Waals surface area contributed by atoms with Gasteiger partial charge in [-0.05, 0) is 30.5 Å². The molecule has 0 saturated heterocycles. The summed E-state index contributed by atoms with van der Waals surface area (Å²) in [6.45, 7) is 0.141. The summed E-state index contributed by atoms with van der Waals surface area (Å²) in [7, 11) is 0. The fourth-order valence-electron chi connectivity index (χ4n) is 1.73. The first kappa shape index (κ1) is 10.1. The number of aromatic amines is 1. The van der Waals surface area contributed by atoms with Gasteiger partial charge in [-0.15, -0.1) is 0 Å². The fraction of sp³-hybridized carbons (Fsp3) is 0.364. The average Bonchev–Trinajstić information content (AvgIpc) is 2.62. The van der Waals surface area contributed by atoms with Crippen LogP contribution in [0.4, 0.5) is 0 Å². The maximum atomic E-state index is 8.78. The number of fused-ring (bicyclic) bond motifs is 1. The van der Waals surface area contributed by atoms with Crippen molar-refractivity contribution >= 4 is 11.0 Å². The Labute approximate surface area is 88.1 Å². The molecule has 0 fully saturated rings. The van der Waals surface area contributed by atoms with E-state index >= 15 is 0 Å². The zero-order chi connectivity index (χ0) is 10.7. The summed E-state index contributed by atoms with van der Waals surface area (Å²) in [6, 6.07) is 3.95. The largest absolute Gasteiger partial charge is 0.396 e. The van der Waals surface area contributed by atoms with Gasteiger partial charge in [-0.1, -0.05) is 0 Å². The molecule has 1 unspecified atom stereocenters. The van der Waals surface area contributed by atoms with Gasteiger partial charge in [-0.25, -0.2) is 4.98 Å². The Morgan fingerprint density at radius 1 is 1.53 bits per heavy atom. The van der Waals surface area contributed by atoms with E-state index in [2.05, 4.69) is 9.97 Å². The fourth-order valence-corrected chi connectivity index (χ4v) is 1.73. The molecule has 15 heavy (non-hydrogen) atoms. The molecule has 0 bridgehead atoms. The highest BCUT2D eigenvalue weighted by Gasteiger charge is 2.08. The Kier molecular flexibility index (Phi) is 2.99. The molecule has 1 atom stereocenters. The second-order valence-electron chi connectivity index (χ2n) is 3.69. The summed E-state index contributed by atoms with van der Waals surface area (Å²) in [4.78, 5) is 7.32. The molecule has 4 N–H and O–H groups in total. The van der Waals surface area contributed by atoms with Crippen LogP contribution in [-0.4, -0.2) is 27.7 Å². The molecule has 0 aliphatic heterocycles. The minimum Gasteiger partial charge on any atom is -0.396 e. The first-order chi connectivity index (χ1) is 7.31. The molecule has 2 aromatic rings. The van der Waals surface area contributed by atoms with Gasteiger partial charge in [0, 0.05) is 30.4 Å². The molecular formula is C11H15N3O. The standard InChI is InChI=1S/C11H15N3O/c12-9(3-5-15)6-8-7-14-11-10(8)2-1-4-13-11/h1-2,4,7,9,15H,3,5-6,12H2,(H,13,14). The van der Waals surface area contributed by atoms with Gasteiger partial charge in [-0.2, -0.15) is 0 Å². The summed E-state index contributed by atoms with van der Waals surface area (Å²) in [6.07, 6.45) is 5.10. The van der Waals surface area contributed by atoms with Crippen molar-refractivity contribution < 1.29 is 5.11 Å². The third-order valence-corrected chi connectivity index (χ3v) is 2.52. The van der Waals surface area contributed by atoms with Crippen LogP contribution in [0.3, 0.4) is 0 Å². The molecule has 0 amide bonds. The first-order valence-corrected chi connectivity index (χ1v) is 5.08. The van der Waals surface area contributed by atoms with E-state index in [1.165, 1.54) is 5.56 Å². The number of rotatable bonds is 4. The maximum Gasteiger partial charge on any atom is 0.137 e. The second-order valence-corrected chi connectivity index (χ2v) is 3.69. The zero-order valence-electron chi connectivity index (χ0n) is 8.48. The van der Waals surface area contributed by atoms with Gasteiger partial charge in [0.05, 0.1) is 0 Å². The Balaban J connectivity index is 2.21. The number of aliphatic hydroxyl groups excluding tert-OH is 1. The number of nitrogens with zero attached hydrogens (tertiary/aromatic N) is 1. The van der Waals surface area contributed by atoms with E-state index in [1.807, 2.05) is 18.3 Å². The first-order valence-electron chi connectivity index (χ1n) is 5.08. The van der Waals surface area contributed by atoms with Crippen molar-refractivity contribution in [2.45, 2.75) is 18.9 Å². The number of H-pyrrole nitrogens is 1. The van der Waals surface area contributed by atoms with Crippen molar-refractivity contribution in [2.24, 2.45) is 5.73 Å². The second kappa shape index (κ2) is 4.42. The predicted molar refractivity (Wildman–Crippen MR) is 59.5 cm³/mol. The van der Waals surface area contributed by atoms with Crippen molar-refractivity contribution in [3.05, 3.63) is 30.1 Å². The predicted octanol–water partition coefficient (Wildman–Crippen LogP) is 0.815. The quantitative estimate of drug-likeness (QED) is 0.691. The van der Waals surface area contributed by atoms with Gasteiger partial charge in [0.15, 0.2) is 0 Å². The van der Waals surface area contributed by atoms with Gasteiger partial charge >= 0.3 is 0 Å². The normalized spacial score (nSPS) is 13.2. The molecule has 0 aliphatic carbocycles. The van der Waals surface area contributed by atoms with E-state index in [4.69, 9.17) is 10.8 Å². The van der Waals surface area contributed by atoms with Crippen LogP contribution in [0, 0.1) is 0 Å². The monoisotopic (exact) mass is 205 g/mol. The van der Waals surface area contributed by atoms with Crippen LogP contribution in [0.1, 0.15) is 12.0 Å². The van der Waals surface area contributed by atoms with Gasteiger partial charge in [-0.3, -0.25) is 0 Å². The summed E-state index contributed by atoms with van der Waals surface area (Å²) in [5, 5.41) is 9.89. The number of hydrogen-bond acceptors (Lipinski definition) is 3. The van der Waals surface area contributed by atoms with Crippen LogP contribution >= 0.6 is 0 Å². The number of pyridine rings is 1. The Hall–Kier alpha value is -1.39. The number of nitrogens with one attached hydrogen (secondary N) is 1. The molecule has 4 heteroatoms. The van der Waals surface area contributed by atoms with Crippen LogP contribution in [0.5, 0.6) is 0 Å². The third kappa shape index (κ3) is 2.16. The highest BCUT2D eigenvalue weighted by atomic mass is 16.3. The van der Waals surface area contributed by atoms with Crippen LogP contribution in [0.15, 0.2) is 24.5 Å². The summed E-state index contributed by atoms with van der Waals surface area (Å²) < 4.78 is 0. The number of aromatic nitrogens is 2. The minimum atomic E-state index is 0.00852. The molecular weight excluding hydrogens is 190 g/mol. The van der Waals surface area contributed by atoms with Gasteiger partial charge in [0.2, 0.25) is 0 Å². The van der Waals surface area contributed by atoms with Gasteiger partial charge in [0.1, 0.15) is 5.65 Å². The van der Waals surface area contributed by atoms with Crippen molar-refractivity contribution in [3.8, 4) is 0 Å². The molecule has 2 heterocycles. The smallest absolute Gasteiger partial charge is 0.137 e. The van der Waals surface area contributed by atoms with E-state index in [9.17, 15) is 0 Å². The van der Waals surface area contributed by atoms with Gasteiger partial charge < -0.3 is 15.8 Å². The zero-order valence-corrected chi connectivity index (χ0v) is 8.48. The lowest BCUT2D eigenvalue weighted by Gasteiger charge is -2.08. The lowest BCUT2D eigenvalue weighted by Crippen LogP contribution is -2.23. The van der Waals surface area contributed by atoms with Crippen molar-refractivity contribution in [1.29, 1.82) is 0 Å². The van der Waals surface area contributed by atoms with Crippen LogP contribution in [0.2, 0.25) is 0 Å². The third-order valence-electron chi connectivity index (χ3n) is 2.52. The Bertz CT molecular complexity index is 438.